The molecule has 17 heavy (non-hydrogen) atoms. The average Bonchev–Trinajstić information content (AvgIpc) is 2.57. The molecular weight excluding hydrogens is 212 g/mol. The van der Waals surface area contributed by atoms with E-state index in [1.54, 1.807) is 0 Å². The summed E-state index contributed by atoms with van der Waals surface area (Å²) in [4.78, 5) is 0. The summed E-state index contributed by atoms with van der Waals surface area (Å²) in [5.74, 6) is 1.01. The highest BCUT2D eigenvalue weighted by Crippen LogP contribution is 2.30. The van der Waals surface area contributed by atoms with Crippen molar-refractivity contribution >= 4 is 0 Å². The lowest BCUT2D eigenvalue weighted by atomic mass is 10.1. The zero-order chi connectivity index (χ0) is 12.5. The predicted molar refractivity (Wildman–Crippen MR) is 69.6 cm³/mol. The first-order chi connectivity index (χ1) is 7.98. The van der Waals surface area contributed by atoms with Crippen LogP contribution in [0.15, 0.2) is 18.2 Å². The van der Waals surface area contributed by atoms with Gasteiger partial charge in [-0.15, -0.1) is 0 Å². The first-order valence-corrected chi connectivity index (χ1v) is 6.35. The van der Waals surface area contributed by atoms with E-state index >= 15 is 0 Å². The molecule has 1 aliphatic rings. The number of para-hydroxylation sites is 1. The monoisotopic (exact) mass is 234 g/mol. The van der Waals surface area contributed by atoms with E-state index in [1.165, 1.54) is 11.1 Å². The fraction of sp³-hybridized carbons (Fsp3) is 0.600. The molecule has 0 bridgehead atoms. The van der Waals surface area contributed by atoms with Gasteiger partial charge in [-0.3, -0.25) is 0 Å². The number of hydrogen-bond donors (Lipinski definition) is 0. The van der Waals surface area contributed by atoms with Crippen molar-refractivity contribution in [1.82, 2.24) is 0 Å². The van der Waals surface area contributed by atoms with E-state index in [2.05, 4.69) is 45.9 Å². The Morgan fingerprint density at radius 2 is 1.94 bits per heavy atom. The van der Waals surface area contributed by atoms with Crippen molar-refractivity contribution in [2.75, 3.05) is 6.61 Å². The van der Waals surface area contributed by atoms with Crippen LogP contribution in [0.2, 0.25) is 0 Å². The minimum Gasteiger partial charge on any atom is -0.490 e. The molecule has 2 heteroatoms. The first kappa shape index (κ1) is 12.4. The van der Waals surface area contributed by atoms with Crippen LogP contribution in [0.4, 0.5) is 0 Å². The Morgan fingerprint density at radius 3 is 2.47 bits per heavy atom. The van der Waals surface area contributed by atoms with Crippen molar-refractivity contribution in [3.8, 4) is 5.75 Å². The third-order valence-electron chi connectivity index (χ3n) is 3.38. The number of rotatable bonds is 3. The van der Waals surface area contributed by atoms with Crippen molar-refractivity contribution in [3.63, 3.8) is 0 Å². The fourth-order valence-corrected chi connectivity index (χ4v) is 2.40. The van der Waals surface area contributed by atoms with Crippen LogP contribution in [-0.4, -0.2) is 18.3 Å². The van der Waals surface area contributed by atoms with Crippen molar-refractivity contribution in [2.45, 2.75) is 52.2 Å². The van der Waals surface area contributed by atoms with Crippen molar-refractivity contribution in [3.05, 3.63) is 29.3 Å². The van der Waals surface area contributed by atoms with Gasteiger partial charge in [0.05, 0.1) is 11.7 Å². The van der Waals surface area contributed by atoms with Gasteiger partial charge in [-0.05, 0) is 51.7 Å². The second kappa shape index (κ2) is 4.69. The summed E-state index contributed by atoms with van der Waals surface area (Å²) in [6, 6.07) is 6.23. The lowest BCUT2D eigenvalue weighted by molar-refractivity contribution is -0.0328. The van der Waals surface area contributed by atoms with Crippen molar-refractivity contribution < 1.29 is 9.47 Å². The minimum absolute atomic E-state index is 0.0226. The summed E-state index contributed by atoms with van der Waals surface area (Å²) in [6.45, 7) is 9.12. The van der Waals surface area contributed by atoms with Gasteiger partial charge < -0.3 is 9.47 Å². The van der Waals surface area contributed by atoms with E-state index in [-0.39, 0.29) is 11.7 Å². The number of hydrogen-bond acceptors (Lipinski definition) is 2. The Balaban J connectivity index is 1.95. The highest BCUT2D eigenvalue weighted by molar-refractivity contribution is 5.39. The van der Waals surface area contributed by atoms with E-state index < -0.39 is 0 Å². The minimum atomic E-state index is 0.0226. The third-order valence-corrected chi connectivity index (χ3v) is 3.38. The van der Waals surface area contributed by atoms with Gasteiger partial charge in [0.1, 0.15) is 12.4 Å². The van der Waals surface area contributed by atoms with E-state index in [1.807, 2.05) is 0 Å². The maximum atomic E-state index is 5.93. The molecule has 2 rings (SSSR count). The van der Waals surface area contributed by atoms with Crippen LogP contribution in [0.25, 0.3) is 0 Å². The van der Waals surface area contributed by atoms with Crippen LogP contribution in [-0.2, 0) is 4.74 Å². The molecule has 0 saturated carbocycles. The van der Waals surface area contributed by atoms with E-state index in [9.17, 15) is 0 Å². The van der Waals surface area contributed by atoms with Gasteiger partial charge in [0, 0.05) is 0 Å². The zero-order valence-electron chi connectivity index (χ0n) is 11.2. The molecule has 1 heterocycles. The maximum absolute atomic E-state index is 5.93. The molecule has 0 aromatic heterocycles. The van der Waals surface area contributed by atoms with Crippen molar-refractivity contribution in [1.29, 1.82) is 0 Å². The van der Waals surface area contributed by atoms with Gasteiger partial charge in [0.2, 0.25) is 0 Å². The lowest BCUT2D eigenvalue weighted by Crippen LogP contribution is -2.24. The molecule has 0 radical (unpaired) electrons. The van der Waals surface area contributed by atoms with Crippen LogP contribution >= 0.6 is 0 Å². The van der Waals surface area contributed by atoms with Gasteiger partial charge in [0.15, 0.2) is 0 Å². The molecule has 0 spiro atoms. The van der Waals surface area contributed by atoms with Crippen LogP contribution in [0.1, 0.15) is 37.8 Å². The van der Waals surface area contributed by atoms with Crippen LogP contribution in [0.3, 0.4) is 0 Å². The van der Waals surface area contributed by atoms with Gasteiger partial charge in [-0.1, -0.05) is 18.2 Å². The highest BCUT2D eigenvalue weighted by atomic mass is 16.6. The Kier molecular flexibility index (Phi) is 3.43. The summed E-state index contributed by atoms with van der Waals surface area (Å²) < 4.78 is 11.8. The van der Waals surface area contributed by atoms with Crippen molar-refractivity contribution in [2.24, 2.45) is 0 Å². The van der Waals surface area contributed by atoms with Gasteiger partial charge in [-0.25, -0.2) is 0 Å². The summed E-state index contributed by atoms with van der Waals surface area (Å²) in [5, 5.41) is 0. The molecule has 1 aromatic rings. The fourth-order valence-electron chi connectivity index (χ4n) is 2.40. The molecule has 94 valence electrons. The van der Waals surface area contributed by atoms with Gasteiger partial charge in [0.25, 0.3) is 0 Å². The van der Waals surface area contributed by atoms with Crippen LogP contribution in [0.5, 0.6) is 5.75 Å². The second-order valence-corrected chi connectivity index (χ2v) is 5.57. The Morgan fingerprint density at radius 1 is 1.29 bits per heavy atom. The maximum Gasteiger partial charge on any atom is 0.125 e. The summed E-state index contributed by atoms with van der Waals surface area (Å²) >= 11 is 0. The summed E-state index contributed by atoms with van der Waals surface area (Å²) in [7, 11) is 0. The lowest BCUT2D eigenvalue weighted by Gasteiger charge is -2.20. The molecule has 2 nitrogen and oxygen atoms in total. The molecule has 1 saturated heterocycles. The normalized spacial score (nSPS) is 22.7. The topological polar surface area (TPSA) is 18.5 Å². The molecule has 1 unspecified atom stereocenters. The van der Waals surface area contributed by atoms with Crippen LogP contribution < -0.4 is 4.74 Å². The summed E-state index contributed by atoms with van der Waals surface area (Å²) in [5.41, 5.74) is 2.42. The smallest absolute Gasteiger partial charge is 0.125 e. The predicted octanol–water partition coefficient (Wildman–Crippen LogP) is 3.64. The third kappa shape index (κ3) is 3.01. The first-order valence-electron chi connectivity index (χ1n) is 6.35. The molecule has 1 atom stereocenters. The van der Waals surface area contributed by atoms with Gasteiger partial charge in [-0.2, -0.15) is 0 Å². The Hall–Kier alpha value is -1.02. The molecule has 0 amide bonds. The van der Waals surface area contributed by atoms with E-state index in [0.29, 0.717) is 6.61 Å². The molecule has 1 aromatic carbocycles. The largest absolute Gasteiger partial charge is 0.490 e. The Labute approximate surface area is 104 Å². The molecule has 1 fully saturated rings. The number of ether oxygens (including phenoxy) is 2. The number of benzene rings is 1. The van der Waals surface area contributed by atoms with E-state index in [0.717, 1.165) is 18.6 Å². The zero-order valence-corrected chi connectivity index (χ0v) is 11.2. The number of aryl methyl sites for hydroxylation is 2. The summed E-state index contributed by atoms with van der Waals surface area (Å²) in [6.07, 6.45) is 2.45. The molecule has 1 aliphatic heterocycles. The SMILES string of the molecule is Cc1cccc(C)c1OCC1CCC(C)(C)O1. The van der Waals surface area contributed by atoms with Crippen LogP contribution in [0, 0.1) is 13.8 Å². The quantitative estimate of drug-likeness (QED) is 0.795. The Bertz CT molecular complexity index is 376. The second-order valence-electron chi connectivity index (χ2n) is 5.57. The molecular formula is C15H22O2. The average molecular weight is 234 g/mol. The van der Waals surface area contributed by atoms with E-state index in [4.69, 9.17) is 9.47 Å². The molecule has 0 N–H and O–H groups in total. The highest BCUT2D eigenvalue weighted by Gasteiger charge is 2.31. The van der Waals surface area contributed by atoms with Gasteiger partial charge >= 0.3 is 0 Å². The molecule has 0 aliphatic carbocycles. The standard InChI is InChI=1S/C15H22O2/c1-11-6-5-7-12(2)14(11)16-10-13-8-9-15(3,4)17-13/h5-7,13H,8-10H2,1-4H3.